The van der Waals surface area contributed by atoms with Crippen molar-refractivity contribution in [2.24, 2.45) is 0 Å². The Morgan fingerprint density at radius 1 is 1.55 bits per heavy atom. The summed E-state index contributed by atoms with van der Waals surface area (Å²) in [6, 6.07) is 4.13. The first-order chi connectivity index (χ1) is 9.63. The molecule has 5 heteroatoms. The van der Waals surface area contributed by atoms with Gasteiger partial charge in [-0.2, -0.15) is 0 Å². The van der Waals surface area contributed by atoms with E-state index in [1.807, 2.05) is 24.0 Å². The number of piperidine rings is 1. The summed E-state index contributed by atoms with van der Waals surface area (Å²) in [6.07, 6.45) is 3.93. The second kappa shape index (κ2) is 6.70. The molecule has 1 aliphatic heterocycles. The van der Waals surface area contributed by atoms with Crippen LogP contribution in [0.15, 0.2) is 18.3 Å². The number of hydrogen-bond donors (Lipinski definition) is 1. The number of aromatic nitrogens is 1. The van der Waals surface area contributed by atoms with Crippen molar-refractivity contribution >= 4 is 11.7 Å². The third-order valence-electron chi connectivity index (χ3n) is 3.80. The van der Waals surface area contributed by atoms with Crippen LogP contribution in [-0.4, -0.2) is 60.5 Å². The number of amides is 1. The zero-order valence-electron chi connectivity index (χ0n) is 12.6. The Hall–Kier alpha value is -1.62. The predicted molar refractivity (Wildman–Crippen MR) is 81.0 cm³/mol. The van der Waals surface area contributed by atoms with Gasteiger partial charge in [0.2, 0.25) is 0 Å². The Labute approximate surface area is 121 Å². The Kier molecular flexibility index (Phi) is 4.95. The molecular formula is C15H24N4O. The molecule has 2 rings (SSSR count). The SMILES string of the molecule is CCNc1ncccc1C(=O)N1CCCC(N(C)C)C1. The molecular weight excluding hydrogens is 252 g/mol. The number of carbonyl (C=O) groups excluding carboxylic acids is 1. The third kappa shape index (κ3) is 3.28. The molecule has 0 aromatic carbocycles. The minimum absolute atomic E-state index is 0.0839. The van der Waals surface area contributed by atoms with Crippen LogP contribution in [0.5, 0.6) is 0 Å². The van der Waals surface area contributed by atoms with Crippen molar-refractivity contribution < 1.29 is 4.79 Å². The molecule has 0 spiro atoms. The van der Waals surface area contributed by atoms with E-state index < -0.39 is 0 Å². The molecule has 1 unspecified atom stereocenters. The maximum atomic E-state index is 12.7. The topological polar surface area (TPSA) is 48.5 Å². The first kappa shape index (κ1) is 14.8. The zero-order chi connectivity index (χ0) is 14.5. The van der Waals surface area contributed by atoms with Crippen LogP contribution in [-0.2, 0) is 0 Å². The molecule has 1 aromatic heterocycles. The highest BCUT2D eigenvalue weighted by molar-refractivity contribution is 5.98. The quantitative estimate of drug-likeness (QED) is 0.909. The summed E-state index contributed by atoms with van der Waals surface area (Å²) in [5, 5.41) is 3.16. The van der Waals surface area contributed by atoms with Crippen molar-refractivity contribution in [2.75, 3.05) is 39.0 Å². The van der Waals surface area contributed by atoms with Gasteiger partial charge in [0.25, 0.3) is 5.91 Å². The molecule has 1 saturated heterocycles. The molecule has 0 aliphatic carbocycles. The lowest BCUT2D eigenvalue weighted by atomic mass is 10.0. The number of pyridine rings is 1. The molecule has 20 heavy (non-hydrogen) atoms. The van der Waals surface area contributed by atoms with E-state index >= 15 is 0 Å². The molecule has 0 saturated carbocycles. The molecule has 1 amide bonds. The van der Waals surface area contributed by atoms with Gasteiger partial charge >= 0.3 is 0 Å². The van der Waals surface area contributed by atoms with E-state index in [4.69, 9.17) is 0 Å². The van der Waals surface area contributed by atoms with Crippen LogP contribution < -0.4 is 5.32 Å². The van der Waals surface area contributed by atoms with Crippen molar-refractivity contribution in [3.63, 3.8) is 0 Å². The molecule has 1 N–H and O–H groups in total. The number of anilines is 1. The lowest BCUT2D eigenvalue weighted by Crippen LogP contribution is -2.47. The lowest BCUT2D eigenvalue weighted by Gasteiger charge is -2.36. The Morgan fingerprint density at radius 3 is 3.05 bits per heavy atom. The van der Waals surface area contributed by atoms with Gasteiger partial charge in [-0.25, -0.2) is 4.98 Å². The molecule has 0 bridgehead atoms. The normalized spacial score (nSPS) is 19.2. The summed E-state index contributed by atoms with van der Waals surface area (Å²) in [5.74, 6) is 0.771. The van der Waals surface area contributed by atoms with Gasteiger partial charge in [0.05, 0.1) is 5.56 Å². The highest BCUT2D eigenvalue weighted by Crippen LogP contribution is 2.19. The number of nitrogens with zero attached hydrogens (tertiary/aromatic N) is 3. The van der Waals surface area contributed by atoms with Crippen LogP contribution in [0, 0.1) is 0 Å². The standard InChI is InChI=1S/C15H24N4O/c1-4-16-14-13(8-5-9-17-14)15(20)19-10-6-7-12(11-19)18(2)3/h5,8-9,12H,4,6-7,10-11H2,1-3H3,(H,16,17). The van der Waals surface area contributed by atoms with E-state index in [-0.39, 0.29) is 5.91 Å². The smallest absolute Gasteiger partial charge is 0.257 e. The predicted octanol–water partition coefficient (Wildman–Crippen LogP) is 1.68. The summed E-state index contributed by atoms with van der Waals surface area (Å²) in [5.41, 5.74) is 0.675. The van der Waals surface area contributed by atoms with E-state index in [1.165, 1.54) is 0 Å². The fraction of sp³-hybridized carbons (Fsp3) is 0.600. The number of likely N-dealkylation sites (tertiary alicyclic amines) is 1. The van der Waals surface area contributed by atoms with Gasteiger partial charge in [0.15, 0.2) is 0 Å². The molecule has 5 nitrogen and oxygen atoms in total. The van der Waals surface area contributed by atoms with Gasteiger partial charge in [-0.3, -0.25) is 4.79 Å². The molecule has 0 radical (unpaired) electrons. The molecule has 110 valence electrons. The minimum Gasteiger partial charge on any atom is -0.370 e. The largest absolute Gasteiger partial charge is 0.370 e. The van der Waals surface area contributed by atoms with Crippen molar-refractivity contribution in [1.29, 1.82) is 0 Å². The highest BCUT2D eigenvalue weighted by atomic mass is 16.2. The van der Waals surface area contributed by atoms with E-state index in [0.717, 1.165) is 32.5 Å². The summed E-state index contributed by atoms with van der Waals surface area (Å²) < 4.78 is 0. The van der Waals surface area contributed by atoms with E-state index in [0.29, 0.717) is 17.4 Å². The number of nitrogens with one attached hydrogen (secondary N) is 1. The minimum atomic E-state index is 0.0839. The van der Waals surface area contributed by atoms with Crippen LogP contribution in [0.3, 0.4) is 0 Å². The van der Waals surface area contributed by atoms with Gasteiger partial charge in [-0.15, -0.1) is 0 Å². The summed E-state index contributed by atoms with van der Waals surface area (Å²) >= 11 is 0. The zero-order valence-corrected chi connectivity index (χ0v) is 12.6. The van der Waals surface area contributed by atoms with Gasteiger partial charge < -0.3 is 15.1 Å². The van der Waals surface area contributed by atoms with Crippen LogP contribution in [0.4, 0.5) is 5.82 Å². The van der Waals surface area contributed by atoms with Crippen LogP contribution in [0.2, 0.25) is 0 Å². The Balaban J connectivity index is 2.14. The van der Waals surface area contributed by atoms with E-state index in [9.17, 15) is 4.79 Å². The van der Waals surface area contributed by atoms with Crippen molar-refractivity contribution in [3.05, 3.63) is 23.9 Å². The fourth-order valence-electron chi connectivity index (χ4n) is 2.62. The van der Waals surface area contributed by atoms with E-state index in [1.54, 1.807) is 6.20 Å². The number of likely N-dealkylation sites (N-methyl/N-ethyl adjacent to an activating group) is 1. The second-order valence-corrected chi connectivity index (χ2v) is 5.44. The average molecular weight is 276 g/mol. The summed E-state index contributed by atoms with van der Waals surface area (Å²) in [4.78, 5) is 21.1. The highest BCUT2D eigenvalue weighted by Gasteiger charge is 2.26. The van der Waals surface area contributed by atoms with Gasteiger partial charge in [0, 0.05) is 31.9 Å². The summed E-state index contributed by atoms with van der Waals surface area (Å²) in [6.45, 7) is 4.40. The van der Waals surface area contributed by atoms with E-state index in [2.05, 4.69) is 29.3 Å². The maximum absolute atomic E-state index is 12.7. The first-order valence-electron chi connectivity index (χ1n) is 7.28. The maximum Gasteiger partial charge on any atom is 0.257 e. The monoisotopic (exact) mass is 276 g/mol. The van der Waals surface area contributed by atoms with Gasteiger partial charge in [0.1, 0.15) is 5.82 Å². The molecule has 1 aromatic rings. The first-order valence-corrected chi connectivity index (χ1v) is 7.28. The van der Waals surface area contributed by atoms with Crippen molar-refractivity contribution in [3.8, 4) is 0 Å². The molecule has 1 fully saturated rings. The second-order valence-electron chi connectivity index (χ2n) is 5.44. The Morgan fingerprint density at radius 2 is 2.35 bits per heavy atom. The number of rotatable bonds is 4. The summed E-state index contributed by atoms with van der Waals surface area (Å²) in [7, 11) is 4.15. The third-order valence-corrected chi connectivity index (χ3v) is 3.80. The number of hydrogen-bond acceptors (Lipinski definition) is 4. The van der Waals surface area contributed by atoms with Gasteiger partial charge in [-0.05, 0) is 46.0 Å². The van der Waals surface area contributed by atoms with Gasteiger partial charge in [-0.1, -0.05) is 0 Å². The van der Waals surface area contributed by atoms with Crippen LogP contribution in [0.25, 0.3) is 0 Å². The average Bonchev–Trinajstić information content (AvgIpc) is 2.47. The molecule has 2 heterocycles. The van der Waals surface area contributed by atoms with Crippen molar-refractivity contribution in [2.45, 2.75) is 25.8 Å². The van der Waals surface area contributed by atoms with Crippen molar-refractivity contribution in [1.82, 2.24) is 14.8 Å². The van der Waals surface area contributed by atoms with Crippen LogP contribution >= 0.6 is 0 Å². The fourth-order valence-corrected chi connectivity index (χ4v) is 2.62. The molecule has 1 aliphatic rings. The molecule has 1 atom stereocenters. The lowest BCUT2D eigenvalue weighted by molar-refractivity contribution is 0.0635. The Bertz CT molecular complexity index is 461. The number of carbonyl (C=O) groups is 1. The van der Waals surface area contributed by atoms with Crippen LogP contribution in [0.1, 0.15) is 30.1 Å².